The molecule has 21 heavy (non-hydrogen) atoms. The largest absolute Gasteiger partial charge is 0.304 e. The van der Waals surface area contributed by atoms with Crippen molar-refractivity contribution in [3.63, 3.8) is 0 Å². The second-order valence-corrected chi connectivity index (χ2v) is 6.21. The minimum atomic E-state index is 0.268. The summed E-state index contributed by atoms with van der Waals surface area (Å²) in [5, 5.41) is 0. The number of pyridine rings is 1. The van der Waals surface area contributed by atoms with Crippen molar-refractivity contribution in [3.05, 3.63) is 29.6 Å². The molecular weight excluding hydrogens is 262 g/mol. The minimum absolute atomic E-state index is 0.268. The number of aryl methyl sites for hydroxylation is 1. The van der Waals surface area contributed by atoms with Gasteiger partial charge in [-0.25, -0.2) is 0 Å². The Morgan fingerprint density at radius 3 is 2.81 bits per heavy atom. The maximum absolute atomic E-state index is 5.76. The second kappa shape index (κ2) is 7.84. The third-order valence-electron chi connectivity index (χ3n) is 4.52. The van der Waals surface area contributed by atoms with Crippen LogP contribution in [0, 0.1) is 0 Å². The van der Waals surface area contributed by atoms with E-state index in [1.165, 1.54) is 5.56 Å². The Hall–Kier alpha value is -1.01. The summed E-state index contributed by atoms with van der Waals surface area (Å²) < 4.78 is 0. The van der Waals surface area contributed by atoms with Gasteiger partial charge in [-0.1, -0.05) is 13.0 Å². The number of rotatable bonds is 6. The summed E-state index contributed by atoms with van der Waals surface area (Å²) in [5.74, 6) is 5.76. The highest BCUT2D eigenvalue weighted by Gasteiger charge is 2.25. The zero-order valence-electron chi connectivity index (χ0n) is 13.5. The zero-order chi connectivity index (χ0) is 15.2. The van der Waals surface area contributed by atoms with Crippen LogP contribution in [0.25, 0.3) is 0 Å². The van der Waals surface area contributed by atoms with Gasteiger partial charge < -0.3 is 9.80 Å². The summed E-state index contributed by atoms with van der Waals surface area (Å²) in [7, 11) is 4.40. The van der Waals surface area contributed by atoms with Crippen molar-refractivity contribution in [1.29, 1.82) is 0 Å². The van der Waals surface area contributed by atoms with Crippen molar-refractivity contribution in [2.45, 2.75) is 38.3 Å². The lowest BCUT2D eigenvalue weighted by atomic mass is 9.99. The molecule has 0 saturated carbocycles. The van der Waals surface area contributed by atoms with Crippen molar-refractivity contribution in [1.82, 2.24) is 20.2 Å². The van der Waals surface area contributed by atoms with Crippen LogP contribution in [0.1, 0.15) is 24.6 Å². The first-order valence-electron chi connectivity index (χ1n) is 7.91. The number of hydrazine groups is 1. The summed E-state index contributed by atoms with van der Waals surface area (Å²) in [6, 6.07) is 5.11. The lowest BCUT2D eigenvalue weighted by Gasteiger charge is -2.39. The van der Waals surface area contributed by atoms with Crippen LogP contribution in [0.3, 0.4) is 0 Å². The summed E-state index contributed by atoms with van der Waals surface area (Å²) >= 11 is 0. The topological polar surface area (TPSA) is 57.4 Å². The molecule has 118 valence electrons. The first kappa shape index (κ1) is 16.4. The van der Waals surface area contributed by atoms with E-state index in [9.17, 15) is 0 Å². The average Bonchev–Trinajstić information content (AvgIpc) is 2.51. The number of hydrogen-bond donors (Lipinski definition) is 2. The Labute approximate surface area is 128 Å². The van der Waals surface area contributed by atoms with Crippen LogP contribution in [0.2, 0.25) is 0 Å². The Bertz CT molecular complexity index is 419. The lowest BCUT2D eigenvalue weighted by Crippen LogP contribution is -2.53. The van der Waals surface area contributed by atoms with E-state index in [1.807, 2.05) is 6.20 Å². The second-order valence-electron chi connectivity index (χ2n) is 6.21. The average molecular weight is 291 g/mol. The molecule has 1 aromatic rings. The molecule has 0 aliphatic carbocycles. The molecule has 1 saturated heterocycles. The molecule has 2 unspecified atom stereocenters. The van der Waals surface area contributed by atoms with Gasteiger partial charge in [0.05, 0.1) is 0 Å². The molecule has 1 aliphatic heterocycles. The molecular formula is C16H29N5. The number of likely N-dealkylation sites (N-methyl/N-ethyl adjacent to an activating group) is 2. The van der Waals surface area contributed by atoms with Crippen molar-refractivity contribution >= 4 is 0 Å². The predicted octanol–water partition coefficient (Wildman–Crippen LogP) is 0.654. The number of nitrogens with one attached hydrogen (secondary N) is 1. The number of piperazine rings is 1. The van der Waals surface area contributed by atoms with Gasteiger partial charge in [-0.3, -0.25) is 16.3 Å². The molecule has 0 aromatic carbocycles. The maximum atomic E-state index is 5.76. The Balaban J connectivity index is 1.92. The molecule has 5 nitrogen and oxygen atoms in total. The van der Waals surface area contributed by atoms with E-state index < -0.39 is 0 Å². The molecule has 0 amide bonds. The van der Waals surface area contributed by atoms with E-state index in [0.717, 1.165) is 44.6 Å². The fraction of sp³-hybridized carbons (Fsp3) is 0.688. The Kier molecular flexibility index (Phi) is 6.11. The molecule has 5 heteroatoms. The van der Waals surface area contributed by atoms with Gasteiger partial charge in [-0.15, -0.1) is 0 Å². The highest BCUT2D eigenvalue weighted by atomic mass is 15.3. The summed E-state index contributed by atoms with van der Waals surface area (Å²) in [5.41, 5.74) is 5.37. The number of aromatic nitrogens is 1. The normalized spacial score (nSPS) is 22.4. The van der Waals surface area contributed by atoms with Gasteiger partial charge in [0.2, 0.25) is 0 Å². The predicted molar refractivity (Wildman–Crippen MR) is 87.0 cm³/mol. The lowest BCUT2D eigenvalue weighted by molar-refractivity contribution is 0.101. The van der Waals surface area contributed by atoms with Crippen LogP contribution in [0.5, 0.6) is 0 Å². The van der Waals surface area contributed by atoms with Gasteiger partial charge in [0, 0.05) is 50.0 Å². The number of nitrogens with zero attached hydrogens (tertiary/aromatic N) is 3. The first-order chi connectivity index (χ1) is 10.1. The third kappa shape index (κ3) is 4.74. The molecule has 0 bridgehead atoms. The first-order valence-corrected chi connectivity index (χ1v) is 7.91. The van der Waals surface area contributed by atoms with Gasteiger partial charge in [0.1, 0.15) is 0 Å². The van der Waals surface area contributed by atoms with Gasteiger partial charge in [0.25, 0.3) is 0 Å². The fourth-order valence-corrected chi connectivity index (χ4v) is 2.93. The van der Waals surface area contributed by atoms with E-state index in [-0.39, 0.29) is 6.04 Å². The van der Waals surface area contributed by atoms with Crippen LogP contribution >= 0.6 is 0 Å². The maximum Gasteiger partial charge on any atom is 0.0419 e. The van der Waals surface area contributed by atoms with Crippen LogP contribution < -0.4 is 11.3 Å². The van der Waals surface area contributed by atoms with Crippen LogP contribution in [0.4, 0.5) is 0 Å². The summed E-state index contributed by atoms with van der Waals surface area (Å²) in [6.45, 7) is 5.53. The van der Waals surface area contributed by atoms with Crippen LogP contribution in [0.15, 0.2) is 18.3 Å². The summed E-state index contributed by atoms with van der Waals surface area (Å²) in [4.78, 5) is 9.38. The van der Waals surface area contributed by atoms with Crippen LogP contribution in [-0.2, 0) is 12.8 Å². The molecule has 1 fully saturated rings. The van der Waals surface area contributed by atoms with Gasteiger partial charge in [0.15, 0.2) is 0 Å². The molecule has 2 atom stereocenters. The van der Waals surface area contributed by atoms with E-state index in [1.54, 1.807) is 0 Å². The zero-order valence-corrected chi connectivity index (χ0v) is 13.5. The smallest absolute Gasteiger partial charge is 0.0419 e. The number of hydrogen-bond acceptors (Lipinski definition) is 5. The molecule has 2 rings (SSSR count). The Morgan fingerprint density at radius 2 is 2.19 bits per heavy atom. The van der Waals surface area contributed by atoms with Crippen molar-refractivity contribution in [2.75, 3.05) is 33.7 Å². The molecule has 3 N–H and O–H groups in total. The van der Waals surface area contributed by atoms with Gasteiger partial charge in [-0.2, -0.15) is 0 Å². The van der Waals surface area contributed by atoms with E-state index in [4.69, 9.17) is 5.84 Å². The molecule has 0 radical (unpaired) electrons. The quantitative estimate of drug-likeness (QED) is 0.595. The minimum Gasteiger partial charge on any atom is -0.304 e. The highest BCUT2D eigenvalue weighted by Crippen LogP contribution is 2.14. The third-order valence-corrected chi connectivity index (χ3v) is 4.52. The monoisotopic (exact) mass is 291 g/mol. The highest BCUT2D eigenvalue weighted by molar-refractivity contribution is 5.14. The SMILES string of the molecule is CCc1ccc(CC(CC2CN(C)CCN2C)NN)nc1. The van der Waals surface area contributed by atoms with Gasteiger partial charge in [-0.05, 0) is 38.6 Å². The molecule has 1 aliphatic rings. The van der Waals surface area contributed by atoms with E-state index in [2.05, 4.69) is 53.4 Å². The molecule has 0 spiro atoms. The molecule has 1 aromatic heterocycles. The number of nitrogens with two attached hydrogens (primary N) is 1. The van der Waals surface area contributed by atoms with Crippen LogP contribution in [-0.4, -0.2) is 60.6 Å². The fourth-order valence-electron chi connectivity index (χ4n) is 2.93. The van der Waals surface area contributed by atoms with Gasteiger partial charge >= 0.3 is 0 Å². The van der Waals surface area contributed by atoms with Crippen molar-refractivity contribution < 1.29 is 0 Å². The summed E-state index contributed by atoms with van der Waals surface area (Å²) in [6.07, 6.45) is 4.94. The van der Waals surface area contributed by atoms with Crippen molar-refractivity contribution in [2.24, 2.45) is 5.84 Å². The standard InChI is InChI=1S/C16H29N5/c1-4-13-5-6-14(18-11-13)9-15(19-17)10-16-12-20(2)7-8-21(16)3/h5-6,11,15-16,19H,4,7-10,12,17H2,1-3H3. The molecule has 2 heterocycles. The Morgan fingerprint density at radius 1 is 1.38 bits per heavy atom. The van der Waals surface area contributed by atoms with Crippen molar-refractivity contribution in [3.8, 4) is 0 Å². The van der Waals surface area contributed by atoms with E-state index in [0.29, 0.717) is 6.04 Å². The van der Waals surface area contributed by atoms with E-state index >= 15 is 0 Å².